The Hall–Kier alpha value is -3.03. The fourth-order valence-electron chi connectivity index (χ4n) is 4.35. The first kappa shape index (κ1) is 20.8. The van der Waals surface area contributed by atoms with Crippen molar-refractivity contribution in [1.29, 1.82) is 0 Å². The Morgan fingerprint density at radius 1 is 0.875 bits per heavy atom. The molecule has 0 bridgehead atoms. The molecule has 3 aromatic carbocycles. The van der Waals surface area contributed by atoms with Crippen molar-refractivity contribution in [2.75, 3.05) is 22.3 Å². The minimum absolute atomic E-state index is 0.156. The van der Waals surface area contributed by atoms with Gasteiger partial charge in [0.2, 0.25) is 0 Å². The molecule has 0 spiro atoms. The lowest BCUT2D eigenvalue weighted by molar-refractivity contribution is 0.362. The standard InChI is InChI=1S/C25H27N3O3S/c1-25(26)14-16-27(17-15-25)22-12-7-8-19-18-28(32(29,30)20-9-3-2-4-10-20)21-11-5-6-13-23(21)31-24(19)22/h2-13H,14-18,26H2,1H3. The molecule has 5 rings (SSSR count). The number of rotatable bonds is 3. The second kappa shape index (κ2) is 7.83. The van der Waals surface area contributed by atoms with Crippen LogP contribution >= 0.6 is 0 Å². The number of nitrogens with two attached hydrogens (primary N) is 1. The molecule has 0 saturated carbocycles. The van der Waals surface area contributed by atoms with E-state index < -0.39 is 10.0 Å². The van der Waals surface area contributed by atoms with Gasteiger partial charge in [-0.2, -0.15) is 0 Å². The second-order valence-corrected chi connectivity index (χ2v) is 10.7. The molecule has 1 saturated heterocycles. The number of nitrogens with zero attached hydrogens (tertiary/aromatic N) is 2. The number of hydrogen-bond donors (Lipinski definition) is 1. The molecule has 0 radical (unpaired) electrons. The summed E-state index contributed by atoms with van der Waals surface area (Å²) < 4.78 is 35.1. The van der Waals surface area contributed by atoms with Crippen LogP contribution in [0.4, 0.5) is 11.4 Å². The Balaban J connectivity index is 1.60. The molecule has 2 N–H and O–H groups in total. The van der Waals surface area contributed by atoms with Crippen molar-refractivity contribution in [1.82, 2.24) is 0 Å². The topological polar surface area (TPSA) is 75.9 Å². The summed E-state index contributed by atoms with van der Waals surface area (Å²) in [5.41, 5.74) is 8.52. The maximum absolute atomic E-state index is 13.6. The Kier molecular flexibility index (Phi) is 5.10. The number of para-hydroxylation sites is 3. The molecule has 7 heteroatoms. The molecule has 0 unspecified atom stereocenters. The molecule has 32 heavy (non-hydrogen) atoms. The zero-order valence-corrected chi connectivity index (χ0v) is 18.9. The summed E-state index contributed by atoms with van der Waals surface area (Å²) in [7, 11) is -3.77. The first-order chi connectivity index (χ1) is 15.4. The van der Waals surface area contributed by atoms with Gasteiger partial charge in [-0.3, -0.25) is 4.31 Å². The van der Waals surface area contributed by atoms with E-state index in [1.807, 2.05) is 42.5 Å². The SMILES string of the molecule is CC1(N)CCN(c2cccc3c2Oc2ccccc2N(S(=O)(=O)c2ccccc2)C3)CC1. The van der Waals surface area contributed by atoms with Gasteiger partial charge in [0.15, 0.2) is 11.5 Å². The molecular formula is C25H27N3O3S. The highest BCUT2D eigenvalue weighted by Gasteiger charge is 2.33. The van der Waals surface area contributed by atoms with Crippen LogP contribution in [-0.2, 0) is 16.6 Å². The van der Waals surface area contributed by atoms with Gasteiger partial charge in [-0.15, -0.1) is 0 Å². The van der Waals surface area contributed by atoms with Crippen LogP contribution in [0.1, 0.15) is 25.3 Å². The maximum Gasteiger partial charge on any atom is 0.264 e. The molecule has 0 aliphatic carbocycles. The molecule has 0 amide bonds. The van der Waals surface area contributed by atoms with Crippen LogP contribution in [0, 0.1) is 0 Å². The third-order valence-corrected chi connectivity index (χ3v) is 8.09. The van der Waals surface area contributed by atoms with E-state index >= 15 is 0 Å². The summed E-state index contributed by atoms with van der Waals surface area (Å²) in [5, 5.41) is 0. The number of fused-ring (bicyclic) bond motifs is 2. The van der Waals surface area contributed by atoms with Crippen molar-refractivity contribution in [3.63, 3.8) is 0 Å². The lowest BCUT2D eigenvalue weighted by Gasteiger charge is -2.38. The van der Waals surface area contributed by atoms with Crippen molar-refractivity contribution >= 4 is 21.4 Å². The normalized spacial score (nSPS) is 17.7. The highest BCUT2D eigenvalue weighted by molar-refractivity contribution is 7.92. The van der Waals surface area contributed by atoms with E-state index in [1.165, 1.54) is 4.31 Å². The summed E-state index contributed by atoms with van der Waals surface area (Å²) in [6, 6.07) is 21.8. The summed E-state index contributed by atoms with van der Waals surface area (Å²) in [5.74, 6) is 1.24. The van der Waals surface area contributed by atoms with E-state index in [0.29, 0.717) is 17.2 Å². The van der Waals surface area contributed by atoms with Crippen LogP contribution < -0.4 is 19.7 Å². The molecule has 2 aliphatic rings. The third kappa shape index (κ3) is 3.72. The van der Waals surface area contributed by atoms with Gasteiger partial charge in [0.1, 0.15) is 0 Å². The zero-order valence-electron chi connectivity index (χ0n) is 18.1. The third-order valence-electron chi connectivity index (χ3n) is 6.31. The molecular weight excluding hydrogens is 422 g/mol. The van der Waals surface area contributed by atoms with Crippen molar-refractivity contribution in [3.8, 4) is 11.5 Å². The first-order valence-corrected chi connectivity index (χ1v) is 12.3. The van der Waals surface area contributed by atoms with Crippen molar-refractivity contribution in [2.45, 2.75) is 36.7 Å². The monoisotopic (exact) mass is 449 g/mol. The highest BCUT2D eigenvalue weighted by Crippen LogP contribution is 2.45. The number of hydrogen-bond acceptors (Lipinski definition) is 5. The van der Waals surface area contributed by atoms with Crippen LogP contribution in [0.2, 0.25) is 0 Å². The Morgan fingerprint density at radius 3 is 2.28 bits per heavy atom. The predicted octanol–water partition coefficient (Wildman–Crippen LogP) is 4.51. The molecule has 3 aromatic rings. The second-order valence-electron chi connectivity index (χ2n) is 8.80. The predicted molar refractivity (Wildman–Crippen MR) is 127 cm³/mol. The van der Waals surface area contributed by atoms with Crippen molar-refractivity contribution in [2.24, 2.45) is 5.73 Å². The van der Waals surface area contributed by atoms with Gasteiger partial charge < -0.3 is 15.4 Å². The smallest absolute Gasteiger partial charge is 0.264 e. The van der Waals surface area contributed by atoms with Gasteiger partial charge in [-0.05, 0) is 50.1 Å². The number of anilines is 2. The Bertz CT molecular complexity index is 1230. The fourth-order valence-corrected chi connectivity index (χ4v) is 5.83. The van der Waals surface area contributed by atoms with E-state index in [9.17, 15) is 8.42 Å². The van der Waals surface area contributed by atoms with Crippen LogP contribution in [-0.4, -0.2) is 27.0 Å². The lowest BCUT2D eigenvalue weighted by Crippen LogP contribution is -2.48. The van der Waals surface area contributed by atoms with E-state index in [4.69, 9.17) is 10.5 Å². The van der Waals surface area contributed by atoms with E-state index in [1.54, 1.807) is 30.3 Å². The average Bonchev–Trinajstić information content (AvgIpc) is 2.97. The summed E-state index contributed by atoms with van der Waals surface area (Å²) in [4.78, 5) is 2.55. The molecule has 0 atom stereocenters. The number of benzene rings is 3. The molecule has 166 valence electrons. The summed E-state index contributed by atoms with van der Waals surface area (Å²) in [6.07, 6.45) is 1.78. The van der Waals surface area contributed by atoms with Crippen molar-refractivity contribution in [3.05, 3.63) is 78.4 Å². The van der Waals surface area contributed by atoms with Gasteiger partial charge >= 0.3 is 0 Å². The van der Waals surface area contributed by atoms with E-state index in [0.717, 1.165) is 37.2 Å². The largest absolute Gasteiger partial charge is 0.453 e. The van der Waals surface area contributed by atoms with Crippen molar-refractivity contribution < 1.29 is 13.2 Å². The quantitative estimate of drug-likeness (QED) is 0.637. The number of sulfonamides is 1. The number of piperidine rings is 1. The lowest BCUT2D eigenvalue weighted by atomic mass is 9.90. The minimum Gasteiger partial charge on any atom is -0.453 e. The fraction of sp³-hybridized carbons (Fsp3) is 0.280. The van der Waals surface area contributed by atoms with Crippen LogP contribution in [0.5, 0.6) is 11.5 Å². The maximum atomic E-state index is 13.6. The molecule has 1 fully saturated rings. The zero-order chi connectivity index (χ0) is 22.3. The Labute approximate surface area is 189 Å². The molecule has 6 nitrogen and oxygen atoms in total. The van der Waals surface area contributed by atoms with Gasteiger partial charge in [0.05, 0.1) is 22.8 Å². The number of ether oxygens (including phenoxy) is 1. The van der Waals surface area contributed by atoms with E-state index in [2.05, 4.69) is 11.8 Å². The summed E-state index contributed by atoms with van der Waals surface area (Å²) >= 11 is 0. The van der Waals surface area contributed by atoms with E-state index in [-0.39, 0.29) is 17.0 Å². The molecule has 2 heterocycles. The van der Waals surface area contributed by atoms with Crippen LogP contribution in [0.15, 0.2) is 77.7 Å². The van der Waals surface area contributed by atoms with Gasteiger partial charge in [-0.25, -0.2) is 8.42 Å². The Morgan fingerprint density at radius 2 is 1.53 bits per heavy atom. The first-order valence-electron chi connectivity index (χ1n) is 10.9. The molecule has 2 aliphatic heterocycles. The average molecular weight is 450 g/mol. The molecule has 0 aromatic heterocycles. The van der Waals surface area contributed by atoms with Crippen LogP contribution in [0.25, 0.3) is 0 Å². The summed E-state index contributed by atoms with van der Waals surface area (Å²) in [6.45, 7) is 3.95. The minimum atomic E-state index is -3.77. The van der Waals surface area contributed by atoms with Gasteiger partial charge in [0.25, 0.3) is 10.0 Å². The van der Waals surface area contributed by atoms with Gasteiger partial charge in [-0.1, -0.05) is 42.5 Å². The van der Waals surface area contributed by atoms with Gasteiger partial charge in [0, 0.05) is 24.2 Å². The highest BCUT2D eigenvalue weighted by atomic mass is 32.2. The van der Waals surface area contributed by atoms with Crippen LogP contribution in [0.3, 0.4) is 0 Å².